The van der Waals surface area contributed by atoms with E-state index in [4.69, 9.17) is 10.5 Å². The Hall–Kier alpha value is -0.810. The van der Waals surface area contributed by atoms with Crippen LogP contribution < -0.4 is 5.73 Å². The number of aromatic nitrogens is 2. The lowest BCUT2D eigenvalue weighted by Crippen LogP contribution is -2.17. The molecule has 0 saturated carbocycles. The molecule has 0 atom stereocenters. The van der Waals surface area contributed by atoms with Gasteiger partial charge in [0.15, 0.2) is 0 Å². The molecule has 0 saturated heterocycles. The summed E-state index contributed by atoms with van der Waals surface area (Å²) in [6.07, 6.45) is 0.851. The number of anilines is 1. The molecule has 1 aromatic rings. The van der Waals surface area contributed by atoms with Gasteiger partial charge in [0.25, 0.3) is 0 Å². The van der Waals surface area contributed by atoms with E-state index >= 15 is 0 Å². The number of rotatable bonds is 4. The first-order valence-electron chi connectivity index (χ1n) is 5.96. The van der Waals surface area contributed by atoms with Crippen LogP contribution in [0.15, 0.2) is 0 Å². The van der Waals surface area contributed by atoms with Crippen molar-refractivity contribution in [3.63, 3.8) is 0 Å². The Morgan fingerprint density at radius 2 is 2.24 bits per heavy atom. The molecule has 0 aromatic carbocycles. The molecule has 94 valence electrons. The number of hydrogen-bond donors (Lipinski definition) is 1. The Balaban J connectivity index is 2.06. The van der Waals surface area contributed by atoms with Gasteiger partial charge in [-0.2, -0.15) is 11.8 Å². The standard InChI is InChI=1S/C12H19N3OS/c1-8(2)6-17-7-11-14-10-3-4-16-5-9(10)12(13)15-11/h8H,3-7H2,1-2H3,(H2,13,14,15). The Morgan fingerprint density at radius 1 is 1.41 bits per heavy atom. The second-order valence-corrected chi connectivity index (χ2v) is 5.69. The van der Waals surface area contributed by atoms with Gasteiger partial charge in [0.2, 0.25) is 0 Å². The smallest absolute Gasteiger partial charge is 0.140 e. The zero-order valence-corrected chi connectivity index (χ0v) is 11.2. The van der Waals surface area contributed by atoms with E-state index in [0.717, 1.165) is 41.6 Å². The molecule has 5 heteroatoms. The molecule has 17 heavy (non-hydrogen) atoms. The molecule has 0 aliphatic carbocycles. The summed E-state index contributed by atoms with van der Waals surface area (Å²) in [5, 5.41) is 0. The Labute approximate surface area is 106 Å². The molecule has 2 N–H and O–H groups in total. The molecule has 0 fully saturated rings. The lowest BCUT2D eigenvalue weighted by Gasteiger charge is -2.17. The first kappa shape index (κ1) is 12.6. The van der Waals surface area contributed by atoms with E-state index in [9.17, 15) is 0 Å². The van der Waals surface area contributed by atoms with Crippen LogP contribution in [-0.4, -0.2) is 22.3 Å². The van der Waals surface area contributed by atoms with E-state index in [0.29, 0.717) is 18.3 Å². The first-order valence-corrected chi connectivity index (χ1v) is 7.12. The number of fused-ring (bicyclic) bond motifs is 1. The van der Waals surface area contributed by atoms with Crippen LogP contribution in [0.1, 0.15) is 30.9 Å². The molecule has 1 aliphatic rings. The van der Waals surface area contributed by atoms with E-state index in [-0.39, 0.29) is 0 Å². The highest BCUT2D eigenvalue weighted by atomic mass is 32.2. The van der Waals surface area contributed by atoms with Crippen LogP contribution in [-0.2, 0) is 23.5 Å². The van der Waals surface area contributed by atoms with Gasteiger partial charge in [0.05, 0.1) is 24.7 Å². The fourth-order valence-corrected chi connectivity index (χ4v) is 2.66. The molecule has 1 aliphatic heterocycles. The lowest BCUT2D eigenvalue weighted by molar-refractivity contribution is 0.109. The minimum Gasteiger partial charge on any atom is -0.383 e. The SMILES string of the molecule is CC(C)CSCc1nc(N)c2c(n1)CCOC2. The minimum atomic E-state index is 0.556. The summed E-state index contributed by atoms with van der Waals surface area (Å²) in [5.74, 6) is 4.12. The van der Waals surface area contributed by atoms with Gasteiger partial charge in [0, 0.05) is 12.0 Å². The number of nitrogens with zero attached hydrogens (tertiary/aromatic N) is 2. The van der Waals surface area contributed by atoms with Crippen LogP contribution >= 0.6 is 11.8 Å². The zero-order chi connectivity index (χ0) is 12.3. The Kier molecular flexibility index (Phi) is 4.23. The molecule has 1 aromatic heterocycles. The van der Waals surface area contributed by atoms with Gasteiger partial charge in [-0.15, -0.1) is 0 Å². The minimum absolute atomic E-state index is 0.556. The summed E-state index contributed by atoms with van der Waals surface area (Å²) in [5.41, 5.74) is 7.99. The summed E-state index contributed by atoms with van der Waals surface area (Å²) in [7, 11) is 0. The largest absolute Gasteiger partial charge is 0.383 e. The summed E-state index contributed by atoms with van der Waals surface area (Å²) in [4.78, 5) is 8.93. The summed E-state index contributed by atoms with van der Waals surface area (Å²) in [6.45, 7) is 5.72. The molecular weight excluding hydrogens is 234 g/mol. The maximum atomic E-state index is 5.93. The van der Waals surface area contributed by atoms with Crippen LogP contribution in [0, 0.1) is 5.92 Å². The average molecular weight is 253 g/mol. The van der Waals surface area contributed by atoms with Crippen molar-refractivity contribution in [1.82, 2.24) is 9.97 Å². The quantitative estimate of drug-likeness (QED) is 0.889. The summed E-state index contributed by atoms with van der Waals surface area (Å²) >= 11 is 1.86. The van der Waals surface area contributed by atoms with Gasteiger partial charge in [-0.25, -0.2) is 9.97 Å². The van der Waals surface area contributed by atoms with Crippen molar-refractivity contribution in [3.8, 4) is 0 Å². The monoisotopic (exact) mass is 253 g/mol. The molecule has 0 unspecified atom stereocenters. The van der Waals surface area contributed by atoms with Crippen molar-refractivity contribution in [1.29, 1.82) is 0 Å². The fourth-order valence-electron chi connectivity index (χ4n) is 1.76. The Morgan fingerprint density at radius 3 is 3.00 bits per heavy atom. The third-order valence-corrected chi connectivity index (χ3v) is 3.95. The molecule has 0 spiro atoms. The van der Waals surface area contributed by atoms with E-state index in [1.165, 1.54) is 0 Å². The van der Waals surface area contributed by atoms with Crippen molar-refractivity contribution in [2.24, 2.45) is 5.92 Å². The number of hydrogen-bond acceptors (Lipinski definition) is 5. The third-order valence-electron chi connectivity index (χ3n) is 2.58. The number of thioether (sulfide) groups is 1. The lowest BCUT2D eigenvalue weighted by atomic mass is 10.1. The molecule has 0 bridgehead atoms. The first-order chi connectivity index (χ1) is 8.16. The second-order valence-electron chi connectivity index (χ2n) is 4.66. The highest BCUT2D eigenvalue weighted by Gasteiger charge is 2.16. The van der Waals surface area contributed by atoms with Crippen molar-refractivity contribution >= 4 is 17.6 Å². The maximum Gasteiger partial charge on any atom is 0.140 e. The molecule has 0 amide bonds. The van der Waals surface area contributed by atoms with Crippen LogP contribution in [0.25, 0.3) is 0 Å². The van der Waals surface area contributed by atoms with E-state index < -0.39 is 0 Å². The number of nitrogen functional groups attached to an aromatic ring is 1. The average Bonchev–Trinajstić information content (AvgIpc) is 2.28. The zero-order valence-electron chi connectivity index (χ0n) is 10.4. The Bertz CT molecular complexity index is 396. The highest BCUT2D eigenvalue weighted by molar-refractivity contribution is 7.98. The molecule has 0 radical (unpaired) electrons. The topological polar surface area (TPSA) is 61.0 Å². The number of ether oxygens (including phenoxy) is 1. The van der Waals surface area contributed by atoms with Crippen molar-refractivity contribution < 1.29 is 4.74 Å². The second kappa shape index (κ2) is 5.69. The molecular formula is C12H19N3OS. The van der Waals surface area contributed by atoms with Gasteiger partial charge >= 0.3 is 0 Å². The van der Waals surface area contributed by atoms with E-state index in [1.807, 2.05) is 11.8 Å². The highest BCUT2D eigenvalue weighted by Crippen LogP contribution is 2.21. The number of nitrogens with two attached hydrogens (primary N) is 1. The third kappa shape index (κ3) is 3.33. The fraction of sp³-hybridized carbons (Fsp3) is 0.667. The van der Waals surface area contributed by atoms with E-state index in [1.54, 1.807) is 0 Å². The van der Waals surface area contributed by atoms with Crippen LogP contribution in [0.2, 0.25) is 0 Å². The van der Waals surface area contributed by atoms with Gasteiger partial charge in [-0.05, 0) is 11.7 Å². The predicted molar refractivity (Wildman–Crippen MR) is 70.8 cm³/mol. The van der Waals surface area contributed by atoms with Crippen LogP contribution in [0.4, 0.5) is 5.82 Å². The van der Waals surface area contributed by atoms with Crippen molar-refractivity contribution in [3.05, 3.63) is 17.1 Å². The molecule has 4 nitrogen and oxygen atoms in total. The van der Waals surface area contributed by atoms with Crippen LogP contribution in [0.5, 0.6) is 0 Å². The predicted octanol–water partition coefficient (Wildman–Crippen LogP) is 2.02. The van der Waals surface area contributed by atoms with Crippen molar-refractivity contribution in [2.45, 2.75) is 32.6 Å². The maximum absolute atomic E-state index is 5.93. The van der Waals surface area contributed by atoms with Gasteiger partial charge in [-0.1, -0.05) is 13.8 Å². The van der Waals surface area contributed by atoms with Gasteiger partial charge in [0.1, 0.15) is 11.6 Å². The van der Waals surface area contributed by atoms with Crippen molar-refractivity contribution in [2.75, 3.05) is 18.1 Å². The van der Waals surface area contributed by atoms with Gasteiger partial charge < -0.3 is 10.5 Å². The molecule has 2 heterocycles. The van der Waals surface area contributed by atoms with E-state index in [2.05, 4.69) is 23.8 Å². The summed E-state index contributed by atoms with van der Waals surface area (Å²) < 4.78 is 5.36. The van der Waals surface area contributed by atoms with Gasteiger partial charge in [-0.3, -0.25) is 0 Å². The molecule has 2 rings (SSSR count). The normalized spacial score (nSPS) is 15.0. The van der Waals surface area contributed by atoms with Crippen LogP contribution in [0.3, 0.4) is 0 Å². The summed E-state index contributed by atoms with van der Waals surface area (Å²) in [6, 6.07) is 0.